The minimum atomic E-state index is -2.92. The zero-order chi connectivity index (χ0) is 21.5. The van der Waals surface area contributed by atoms with Crippen molar-refractivity contribution in [3.63, 3.8) is 0 Å². The van der Waals surface area contributed by atoms with E-state index in [1.54, 1.807) is 5.23 Å². The maximum Gasteiger partial charge on any atom is 0.745 e. The van der Waals surface area contributed by atoms with E-state index in [1.807, 2.05) is 0 Å². The summed E-state index contributed by atoms with van der Waals surface area (Å²) in [5.41, 5.74) is 6.49. The summed E-state index contributed by atoms with van der Waals surface area (Å²) in [5.74, 6) is 6.90. The van der Waals surface area contributed by atoms with Gasteiger partial charge in [-0.05, 0) is 37.2 Å². The number of hydrogen-bond acceptors (Lipinski definition) is 8. The fourth-order valence-corrected chi connectivity index (χ4v) is 3.28. The normalized spacial score (nSPS) is 16.2. The van der Waals surface area contributed by atoms with Crippen LogP contribution in [0.3, 0.4) is 0 Å². The molecule has 0 aliphatic carbocycles. The summed E-state index contributed by atoms with van der Waals surface area (Å²) < 4.78 is 22.2. The maximum atomic E-state index is 9.39. The first kappa shape index (κ1) is 26.0. The summed E-state index contributed by atoms with van der Waals surface area (Å²) in [6.45, 7) is 17.6. The lowest BCUT2D eigenvalue weighted by Gasteiger charge is -2.45. The van der Waals surface area contributed by atoms with Crippen LogP contribution in [0.1, 0.15) is 55.4 Å². The first-order chi connectivity index (χ1) is 12.3. The monoisotopic (exact) mass is 425 g/mol. The van der Waals surface area contributed by atoms with Crippen molar-refractivity contribution >= 4 is 22.2 Å². The number of hydrazine groups is 3. The number of allylic oxidation sites excluding steroid dienone is 2. The molecule has 2 atom stereocenters. The van der Waals surface area contributed by atoms with Gasteiger partial charge in [-0.3, -0.25) is 10.9 Å². The molecule has 10 nitrogen and oxygen atoms in total. The van der Waals surface area contributed by atoms with E-state index in [2.05, 4.69) is 70.2 Å². The van der Waals surface area contributed by atoms with Crippen LogP contribution < -0.4 is 11.4 Å². The van der Waals surface area contributed by atoms with Gasteiger partial charge in [-0.25, -0.2) is 0 Å². The molecule has 0 aromatic carbocycles. The Morgan fingerprint density at radius 2 is 1.44 bits per heavy atom. The second-order valence-corrected chi connectivity index (χ2v) is 8.77. The molecular weight excluding hydrogens is 392 g/mol. The maximum absolute atomic E-state index is 9.39. The van der Waals surface area contributed by atoms with Crippen molar-refractivity contribution in [2.24, 2.45) is 28.7 Å². The topological polar surface area (TPSA) is 141 Å². The number of nitrogens with zero attached hydrogens (tertiary/aromatic N) is 3. The van der Waals surface area contributed by atoms with Crippen LogP contribution >= 0.6 is 16.5 Å². The van der Waals surface area contributed by atoms with E-state index >= 15 is 0 Å². The summed E-state index contributed by atoms with van der Waals surface area (Å²) in [7, 11) is -5.85. The molecule has 0 saturated heterocycles. The largest absolute Gasteiger partial charge is 0.745 e. The quantitative estimate of drug-likeness (QED) is 0.275. The Kier molecular flexibility index (Phi) is 11.3. The molecule has 2 unspecified atom stereocenters. The third kappa shape index (κ3) is 7.87. The first-order valence-corrected chi connectivity index (χ1v) is 11.0. The summed E-state index contributed by atoms with van der Waals surface area (Å²) in [6, 6.07) is 0.287. The van der Waals surface area contributed by atoms with Gasteiger partial charge in [0.2, 0.25) is 0 Å². The van der Waals surface area contributed by atoms with Gasteiger partial charge in [0, 0.05) is 20.9 Å². The molecule has 1 aliphatic heterocycles. The van der Waals surface area contributed by atoms with Crippen molar-refractivity contribution in [2.75, 3.05) is 0 Å². The highest BCUT2D eigenvalue weighted by Crippen LogP contribution is 2.34. The fourth-order valence-electron chi connectivity index (χ4n) is 2.80. The summed E-state index contributed by atoms with van der Waals surface area (Å²) in [5, 5.41) is 8.56. The van der Waals surface area contributed by atoms with Crippen molar-refractivity contribution in [1.82, 2.24) is 15.8 Å². The number of hydrazone groups is 1. The highest BCUT2D eigenvalue weighted by molar-refractivity contribution is 7.46. The fraction of sp³-hybridized carbons (Fsp3) is 0.800. The molecule has 0 bridgehead atoms. The molecule has 0 fully saturated rings. The van der Waals surface area contributed by atoms with Crippen LogP contribution in [0.25, 0.3) is 0 Å². The van der Waals surface area contributed by atoms with Crippen LogP contribution in [0, 0.1) is 17.8 Å². The summed E-state index contributed by atoms with van der Waals surface area (Å²) >= 11 is 0. The lowest BCUT2D eigenvalue weighted by molar-refractivity contribution is -0.0746. The van der Waals surface area contributed by atoms with E-state index in [0.717, 1.165) is 5.71 Å². The Morgan fingerprint density at radius 1 is 0.963 bits per heavy atom. The molecule has 1 rings (SSSR count). The van der Waals surface area contributed by atoms with Gasteiger partial charge in [0.15, 0.2) is 4.31 Å². The molecular formula is C15H33N5O5P2+2. The molecule has 0 saturated carbocycles. The molecule has 0 amide bonds. The number of rotatable bonds is 7. The molecule has 1 heterocycles. The van der Waals surface area contributed by atoms with Crippen molar-refractivity contribution in [3.05, 3.63) is 11.3 Å². The predicted octanol–water partition coefficient (Wildman–Crippen LogP) is 3.19. The Labute approximate surface area is 163 Å². The second-order valence-electron chi connectivity index (χ2n) is 7.16. The third-order valence-electron chi connectivity index (χ3n) is 3.62. The molecule has 1 aliphatic rings. The van der Waals surface area contributed by atoms with E-state index in [1.165, 1.54) is 11.3 Å². The highest BCUT2D eigenvalue weighted by Gasteiger charge is 2.34. The Morgan fingerprint density at radius 3 is 1.67 bits per heavy atom. The van der Waals surface area contributed by atoms with Crippen molar-refractivity contribution in [2.45, 2.75) is 61.4 Å². The molecule has 156 valence electrons. The smallest absolute Gasteiger partial charge is 0.254 e. The van der Waals surface area contributed by atoms with Crippen LogP contribution in [0.15, 0.2) is 16.4 Å². The molecule has 0 aromatic rings. The lowest BCUT2D eigenvalue weighted by Crippen LogP contribution is -2.56. The van der Waals surface area contributed by atoms with Gasteiger partial charge in [0.05, 0.1) is 5.71 Å². The average Bonchev–Trinajstić information content (AvgIpc) is 2.51. The molecule has 5 N–H and O–H groups in total. The van der Waals surface area contributed by atoms with Crippen LogP contribution in [0.5, 0.6) is 0 Å². The highest BCUT2D eigenvalue weighted by atomic mass is 31.2. The third-order valence-corrected chi connectivity index (χ3v) is 4.74. The van der Waals surface area contributed by atoms with E-state index in [4.69, 9.17) is 20.7 Å². The Bertz CT molecular complexity index is 581. The van der Waals surface area contributed by atoms with Gasteiger partial charge < -0.3 is 0 Å². The van der Waals surface area contributed by atoms with Gasteiger partial charge in [-0.15, -0.1) is 25.6 Å². The minimum absolute atomic E-state index is 0.287. The standard InChI is InChI=1S/C15H31N5.O5P2/c1-9(2)13-14(10(3)4)17-20(18-16)19(12(7)8)15(13)11(5)6;1-6(2)5-7(3)4/h9-12,18H,16H2,1-8H3;/p+2. The van der Waals surface area contributed by atoms with Gasteiger partial charge in [-0.2, -0.15) is 0 Å². The second kappa shape index (κ2) is 11.8. The van der Waals surface area contributed by atoms with E-state index in [9.17, 15) is 9.13 Å². The van der Waals surface area contributed by atoms with E-state index < -0.39 is 16.5 Å². The summed E-state index contributed by atoms with van der Waals surface area (Å²) in [6.07, 6.45) is 0. The van der Waals surface area contributed by atoms with Gasteiger partial charge >= 0.3 is 16.5 Å². The predicted molar refractivity (Wildman–Crippen MR) is 106 cm³/mol. The van der Waals surface area contributed by atoms with E-state index in [-0.39, 0.29) is 6.04 Å². The summed E-state index contributed by atoms with van der Waals surface area (Å²) in [4.78, 5) is 15.3. The lowest BCUT2D eigenvalue weighted by atomic mass is 9.86. The van der Waals surface area contributed by atoms with Crippen LogP contribution in [-0.4, -0.2) is 31.8 Å². The van der Waals surface area contributed by atoms with Gasteiger partial charge in [-0.1, -0.05) is 41.5 Å². The molecule has 27 heavy (non-hydrogen) atoms. The zero-order valence-electron chi connectivity index (χ0n) is 17.2. The minimum Gasteiger partial charge on any atom is -0.254 e. The van der Waals surface area contributed by atoms with Crippen LogP contribution in [0.2, 0.25) is 0 Å². The van der Waals surface area contributed by atoms with Gasteiger partial charge in [0.25, 0.3) is 0 Å². The van der Waals surface area contributed by atoms with Crippen molar-refractivity contribution in [3.8, 4) is 0 Å². The Balaban J connectivity index is 0.000000821. The average molecular weight is 425 g/mol. The molecule has 0 radical (unpaired) electrons. The van der Waals surface area contributed by atoms with Crippen molar-refractivity contribution in [1.29, 1.82) is 0 Å². The van der Waals surface area contributed by atoms with Crippen LogP contribution in [0.4, 0.5) is 0 Å². The zero-order valence-corrected chi connectivity index (χ0v) is 19.0. The van der Waals surface area contributed by atoms with Crippen LogP contribution in [-0.2, 0) is 13.4 Å². The molecule has 0 spiro atoms. The van der Waals surface area contributed by atoms with Crippen molar-refractivity contribution < 1.29 is 23.2 Å². The number of nitrogens with one attached hydrogen (secondary N) is 1. The number of hydrogen-bond donors (Lipinski definition) is 4. The first-order valence-electron chi connectivity index (χ1n) is 8.73. The van der Waals surface area contributed by atoms with Gasteiger partial charge in [0.1, 0.15) is 0 Å². The SMILES string of the molecule is CC(C)C1=NN(NN)N(C(C)C)C(C(C)C)=C1C(C)C.O=[P+](O)O[P+](=O)O. The molecule has 12 heteroatoms. The number of nitrogens with two attached hydrogens (primary N) is 1. The Hall–Kier alpha value is -0.990. The van der Waals surface area contributed by atoms with E-state index in [0.29, 0.717) is 17.8 Å². The molecule has 0 aromatic heterocycles.